The molecule has 1 aromatic heterocycles. The van der Waals surface area contributed by atoms with Gasteiger partial charge >= 0.3 is 182 Å². The fourth-order valence-corrected chi connectivity index (χ4v) is 6.19. The Morgan fingerprint density at radius 2 is 1.87 bits per heavy atom. The van der Waals surface area contributed by atoms with Gasteiger partial charge in [-0.05, 0) is 0 Å². The first-order valence-electron chi connectivity index (χ1n) is 8.85. The maximum absolute atomic E-state index is 12.7. The Kier molecular flexibility index (Phi) is 6.95. The summed E-state index contributed by atoms with van der Waals surface area (Å²) in [6, 6.07) is 10.7. The number of ether oxygens (including phenoxy) is 1. The standard InChI is InChI=1S/C21H18F3NO3SSe/c1-12-9-16(7-8-17(12)28-10-19(26)27)29-11-18-13(2)25-20(30-18)14-3-5-15(6-4-14)21(22,23)24/h3-9H,10-11H2,1-2H3,(H,26,27). The first kappa shape index (κ1) is 22.5. The summed E-state index contributed by atoms with van der Waals surface area (Å²) in [7, 11) is 0. The SMILES string of the molecule is Cc1cc(SCc2[se]c(-c3ccc(C(F)(F)F)cc3)nc2C)ccc1OCC(=O)O. The number of hydrogen-bond donors (Lipinski definition) is 1. The number of aryl methyl sites for hydroxylation is 2. The van der Waals surface area contributed by atoms with Gasteiger partial charge in [-0.25, -0.2) is 0 Å². The summed E-state index contributed by atoms with van der Waals surface area (Å²) >= 11 is 1.59. The number of halogens is 3. The first-order valence-corrected chi connectivity index (χ1v) is 11.6. The van der Waals surface area contributed by atoms with Crippen LogP contribution in [0.15, 0.2) is 47.4 Å². The number of benzene rings is 2. The van der Waals surface area contributed by atoms with Crippen molar-refractivity contribution in [1.82, 2.24) is 4.98 Å². The number of nitrogens with zero attached hydrogens (tertiary/aromatic N) is 1. The second-order valence-corrected chi connectivity index (χ2v) is 9.82. The third-order valence-electron chi connectivity index (χ3n) is 4.22. The van der Waals surface area contributed by atoms with Gasteiger partial charge < -0.3 is 0 Å². The van der Waals surface area contributed by atoms with Crippen LogP contribution < -0.4 is 4.74 Å². The molecule has 0 bridgehead atoms. The molecule has 0 saturated heterocycles. The molecule has 0 radical (unpaired) electrons. The molecule has 0 aliphatic heterocycles. The van der Waals surface area contributed by atoms with Crippen LogP contribution >= 0.6 is 11.8 Å². The molecule has 9 heteroatoms. The van der Waals surface area contributed by atoms with E-state index >= 15 is 0 Å². The number of carboxylic acid groups (broad SMARTS) is 1. The van der Waals surface area contributed by atoms with Crippen molar-refractivity contribution in [2.75, 3.05) is 6.61 Å². The quantitative estimate of drug-likeness (QED) is 0.357. The monoisotopic (exact) mass is 501 g/mol. The van der Waals surface area contributed by atoms with E-state index in [4.69, 9.17) is 9.84 Å². The van der Waals surface area contributed by atoms with Crippen LogP contribution in [-0.4, -0.2) is 37.2 Å². The van der Waals surface area contributed by atoms with E-state index in [1.165, 1.54) is 16.6 Å². The summed E-state index contributed by atoms with van der Waals surface area (Å²) in [4.78, 5) is 16.2. The van der Waals surface area contributed by atoms with E-state index < -0.39 is 17.7 Å². The second-order valence-electron chi connectivity index (χ2n) is 6.50. The third kappa shape index (κ3) is 5.68. The molecule has 4 nitrogen and oxygen atoms in total. The number of aliphatic carboxylic acids is 1. The molecule has 158 valence electrons. The molecular formula is C21H18F3NO3SSe. The van der Waals surface area contributed by atoms with Crippen LogP contribution in [0.25, 0.3) is 10.1 Å². The maximum atomic E-state index is 12.7. The fraction of sp³-hybridized carbons (Fsp3) is 0.238. The summed E-state index contributed by atoms with van der Waals surface area (Å²) in [6.45, 7) is 3.39. The van der Waals surface area contributed by atoms with E-state index in [1.54, 1.807) is 17.8 Å². The van der Waals surface area contributed by atoms with Crippen molar-refractivity contribution in [2.45, 2.75) is 30.7 Å². The molecule has 0 amide bonds. The average molecular weight is 500 g/mol. The number of thioether (sulfide) groups is 1. The van der Waals surface area contributed by atoms with Crippen molar-refractivity contribution in [2.24, 2.45) is 0 Å². The van der Waals surface area contributed by atoms with Gasteiger partial charge in [-0.3, -0.25) is 0 Å². The molecule has 0 atom stereocenters. The molecule has 1 N–H and O–H groups in total. The van der Waals surface area contributed by atoms with Crippen LogP contribution in [0.3, 0.4) is 0 Å². The van der Waals surface area contributed by atoms with Crippen LogP contribution in [0.4, 0.5) is 13.2 Å². The molecular weight excluding hydrogens is 482 g/mol. The molecule has 3 aromatic rings. The average Bonchev–Trinajstić information content (AvgIpc) is 3.05. The molecule has 0 saturated carbocycles. The number of aromatic nitrogens is 1. The van der Waals surface area contributed by atoms with Crippen molar-refractivity contribution >= 4 is 32.2 Å². The van der Waals surface area contributed by atoms with Crippen LogP contribution in [0, 0.1) is 13.8 Å². The number of carboxylic acids is 1. The van der Waals surface area contributed by atoms with Gasteiger partial charge in [-0.1, -0.05) is 0 Å². The van der Waals surface area contributed by atoms with Crippen LogP contribution in [-0.2, 0) is 16.7 Å². The minimum atomic E-state index is -4.34. The van der Waals surface area contributed by atoms with Crippen LogP contribution in [0.5, 0.6) is 5.75 Å². The van der Waals surface area contributed by atoms with Gasteiger partial charge in [0.2, 0.25) is 0 Å². The molecule has 0 aliphatic carbocycles. The van der Waals surface area contributed by atoms with Crippen molar-refractivity contribution in [3.8, 4) is 15.9 Å². The summed E-state index contributed by atoms with van der Waals surface area (Å²) in [5.74, 6) is 0.242. The molecule has 2 aromatic carbocycles. The number of alkyl halides is 3. The zero-order valence-corrected chi connectivity index (χ0v) is 18.6. The zero-order valence-electron chi connectivity index (χ0n) is 16.1. The molecule has 0 fully saturated rings. The molecule has 0 aliphatic rings. The van der Waals surface area contributed by atoms with Gasteiger partial charge in [0, 0.05) is 0 Å². The molecule has 0 spiro atoms. The summed E-state index contributed by atoms with van der Waals surface area (Å²) in [5.41, 5.74) is 1.82. The number of carbonyl (C=O) groups is 1. The van der Waals surface area contributed by atoms with Crippen molar-refractivity contribution in [1.29, 1.82) is 0 Å². The minimum absolute atomic E-state index is 0.0452. The Morgan fingerprint density at radius 3 is 2.47 bits per heavy atom. The van der Waals surface area contributed by atoms with Gasteiger partial charge in [0.05, 0.1) is 0 Å². The fourth-order valence-electron chi connectivity index (χ4n) is 2.65. The van der Waals surface area contributed by atoms with Gasteiger partial charge in [-0.15, -0.1) is 0 Å². The molecule has 3 rings (SSSR count). The summed E-state index contributed by atoms with van der Waals surface area (Å²) in [6.07, 6.45) is -4.34. The zero-order chi connectivity index (χ0) is 21.9. The van der Waals surface area contributed by atoms with Gasteiger partial charge in [0.1, 0.15) is 0 Å². The Labute approximate surface area is 181 Å². The molecule has 0 unspecified atom stereocenters. The van der Waals surface area contributed by atoms with Gasteiger partial charge in [0.15, 0.2) is 0 Å². The summed E-state index contributed by atoms with van der Waals surface area (Å²) < 4.78 is 45.5. The van der Waals surface area contributed by atoms with Crippen LogP contribution in [0.2, 0.25) is 0 Å². The number of hydrogen-bond acceptors (Lipinski definition) is 4. The Bertz CT molecular complexity index is 1050. The van der Waals surface area contributed by atoms with E-state index in [9.17, 15) is 18.0 Å². The van der Waals surface area contributed by atoms with E-state index in [0.29, 0.717) is 5.75 Å². The molecule has 30 heavy (non-hydrogen) atoms. The Morgan fingerprint density at radius 1 is 1.17 bits per heavy atom. The normalized spacial score (nSPS) is 11.5. The summed E-state index contributed by atoms with van der Waals surface area (Å²) in [5, 5.41) is 8.71. The third-order valence-corrected chi connectivity index (χ3v) is 8.18. The second kappa shape index (κ2) is 9.29. The Hall–Kier alpha value is -2.22. The van der Waals surface area contributed by atoms with Crippen LogP contribution in [0.1, 0.15) is 21.3 Å². The van der Waals surface area contributed by atoms with E-state index in [0.717, 1.165) is 44.2 Å². The van der Waals surface area contributed by atoms with Gasteiger partial charge in [0.25, 0.3) is 0 Å². The van der Waals surface area contributed by atoms with E-state index in [2.05, 4.69) is 4.98 Å². The van der Waals surface area contributed by atoms with Crippen molar-refractivity contribution in [3.63, 3.8) is 0 Å². The number of rotatable bonds is 7. The molecule has 1 heterocycles. The predicted octanol–water partition coefficient (Wildman–Crippen LogP) is 5.20. The van der Waals surface area contributed by atoms with Crippen molar-refractivity contribution < 1.29 is 27.8 Å². The van der Waals surface area contributed by atoms with Gasteiger partial charge in [-0.2, -0.15) is 0 Å². The van der Waals surface area contributed by atoms with E-state index in [1.807, 2.05) is 26.0 Å². The Balaban J connectivity index is 1.68. The van der Waals surface area contributed by atoms with E-state index in [-0.39, 0.29) is 21.1 Å². The predicted molar refractivity (Wildman–Crippen MR) is 110 cm³/mol. The topological polar surface area (TPSA) is 59.4 Å². The first-order chi connectivity index (χ1) is 14.1. The van der Waals surface area contributed by atoms with Crippen molar-refractivity contribution in [3.05, 3.63) is 63.7 Å².